The Morgan fingerprint density at radius 2 is 1.87 bits per heavy atom. The van der Waals surface area contributed by atoms with Gasteiger partial charge in [0.15, 0.2) is 0 Å². The minimum absolute atomic E-state index is 0.0390. The van der Waals surface area contributed by atoms with Crippen LogP contribution in [-0.4, -0.2) is 32.7 Å². The smallest absolute Gasteiger partial charge is 0.410 e. The van der Waals surface area contributed by atoms with E-state index in [1.807, 2.05) is 0 Å². The number of carbonyl (C=O) groups excluding carboxylic acids is 1. The first-order valence-electron chi connectivity index (χ1n) is 9.72. The quantitative estimate of drug-likeness (QED) is 0.554. The Morgan fingerprint density at radius 1 is 1.19 bits per heavy atom. The number of benzene rings is 2. The molecule has 0 radical (unpaired) electrons. The summed E-state index contributed by atoms with van der Waals surface area (Å²) in [6, 6.07) is 7.01. The molecule has 0 N–H and O–H groups in total. The van der Waals surface area contributed by atoms with Crippen LogP contribution in [0.1, 0.15) is 39.1 Å². The monoisotopic (exact) mass is 447 g/mol. The summed E-state index contributed by atoms with van der Waals surface area (Å²) in [4.78, 5) is 32.0. The van der Waals surface area contributed by atoms with Crippen molar-refractivity contribution in [2.75, 3.05) is 6.54 Å². The van der Waals surface area contributed by atoms with Crippen LogP contribution in [0.25, 0.3) is 16.6 Å². The van der Waals surface area contributed by atoms with Crippen molar-refractivity contribution in [2.45, 2.75) is 38.8 Å². The van der Waals surface area contributed by atoms with E-state index in [2.05, 4.69) is 4.98 Å². The van der Waals surface area contributed by atoms with Crippen LogP contribution in [0.15, 0.2) is 41.2 Å². The van der Waals surface area contributed by atoms with E-state index in [-0.39, 0.29) is 21.9 Å². The molecule has 0 spiro atoms. The van der Waals surface area contributed by atoms with Gasteiger partial charge in [0.1, 0.15) is 23.1 Å². The maximum atomic E-state index is 14.0. The average molecular weight is 448 g/mol. The van der Waals surface area contributed by atoms with Crippen LogP contribution in [0.4, 0.5) is 13.6 Å². The van der Waals surface area contributed by atoms with E-state index < -0.39 is 34.9 Å². The fraction of sp³-hybridized carbons (Fsp3) is 0.318. The Kier molecular flexibility index (Phi) is 5.21. The number of aromatic nitrogens is 2. The number of likely N-dealkylation sites (tertiary alicyclic amines) is 1. The third-order valence-corrected chi connectivity index (χ3v) is 5.24. The molecule has 4 rings (SSSR count). The summed E-state index contributed by atoms with van der Waals surface area (Å²) >= 11 is 6.23. The first-order valence-corrected chi connectivity index (χ1v) is 10.1. The van der Waals surface area contributed by atoms with Crippen molar-refractivity contribution in [3.8, 4) is 5.69 Å². The van der Waals surface area contributed by atoms with Crippen LogP contribution in [0.3, 0.4) is 0 Å². The van der Waals surface area contributed by atoms with Crippen LogP contribution >= 0.6 is 11.6 Å². The van der Waals surface area contributed by atoms with E-state index in [0.29, 0.717) is 24.5 Å². The second-order valence-electron chi connectivity index (χ2n) is 8.35. The molecule has 1 aromatic heterocycles. The molecule has 2 heterocycles. The zero-order valence-corrected chi connectivity index (χ0v) is 17.9. The van der Waals surface area contributed by atoms with Crippen molar-refractivity contribution in [2.24, 2.45) is 0 Å². The van der Waals surface area contributed by atoms with Crippen LogP contribution in [0.5, 0.6) is 0 Å². The molecule has 1 aliphatic heterocycles. The average Bonchev–Trinajstić information content (AvgIpc) is 2.58. The van der Waals surface area contributed by atoms with Gasteiger partial charge in [0.2, 0.25) is 0 Å². The largest absolute Gasteiger partial charge is 0.444 e. The lowest BCUT2D eigenvalue weighted by Gasteiger charge is -2.41. The number of nitrogens with zero attached hydrogens (tertiary/aromatic N) is 3. The Hall–Kier alpha value is -3.00. The zero-order chi connectivity index (χ0) is 22.5. The van der Waals surface area contributed by atoms with E-state index in [1.165, 1.54) is 4.90 Å². The van der Waals surface area contributed by atoms with E-state index in [0.717, 1.165) is 16.7 Å². The normalized spacial score (nSPS) is 16.3. The summed E-state index contributed by atoms with van der Waals surface area (Å²) in [5.74, 6) is -1.50. The molecule has 1 atom stereocenters. The molecular weight excluding hydrogens is 428 g/mol. The molecule has 31 heavy (non-hydrogen) atoms. The van der Waals surface area contributed by atoms with Gasteiger partial charge in [-0.05, 0) is 51.5 Å². The van der Waals surface area contributed by atoms with E-state index in [1.54, 1.807) is 39.0 Å². The van der Waals surface area contributed by atoms with Gasteiger partial charge in [-0.25, -0.2) is 18.6 Å². The molecule has 0 aliphatic carbocycles. The molecule has 0 saturated carbocycles. The zero-order valence-electron chi connectivity index (χ0n) is 17.2. The summed E-state index contributed by atoms with van der Waals surface area (Å²) in [6.07, 6.45) is -0.0450. The SMILES string of the molecule is CC(C)(C)OC(=O)N1CCC1c1nc2cccc(Cl)c2c(=O)n1-c1cc(F)cc(F)c1. The van der Waals surface area contributed by atoms with Crippen molar-refractivity contribution >= 4 is 28.6 Å². The summed E-state index contributed by atoms with van der Waals surface area (Å²) in [5, 5.41) is 0.297. The summed E-state index contributed by atoms with van der Waals surface area (Å²) in [5.41, 5.74) is -0.987. The molecule has 162 valence electrons. The minimum Gasteiger partial charge on any atom is -0.444 e. The standard InChI is InChI=1S/C22H20ClF2N3O3/c1-22(2,3)31-21(30)27-8-7-17(27)19-26-16-6-4-5-15(23)18(16)20(29)28(19)14-10-12(24)9-13(25)11-14/h4-6,9-11,17H,7-8H2,1-3H3. The van der Waals surface area contributed by atoms with Crippen LogP contribution in [0, 0.1) is 11.6 Å². The highest BCUT2D eigenvalue weighted by Gasteiger charge is 2.39. The van der Waals surface area contributed by atoms with Gasteiger partial charge in [0.05, 0.1) is 27.7 Å². The highest BCUT2D eigenvalue weighted by molar-refractivity contribution is 6.35. The molecule has 1 unspecified atom stereocenters. The van der Waals surface area contributed by atoms with Gasteiger partial charge < -0.3 is 4.74 Å². The first kappa shape index (κ1) is 21.2. The number of amides is 1. The fourth-order valence-electron chi connectivity index (χ4n) is 3.54. The second kappa shape index (κ2) is 7.60. The van der Waals surface area contributed by atoms with Crippen molar-refractivity contribution in [3.05, 3.63) is 69.2 Å². The summed E-state index contributed by atoms with van der Waals surface area (Å²) < 4.78 is 34.5. The Labute approximate surface area is 182 Å². The number of carbonyl (C=O) groups is 1. The Bertz CT molecular complexity index is 1230. The molecule has 9 heteroatoms. The molecule has 1 amide bonds. The van der Waals surface area contributed by atoms with Gasteiger partial charge in [0, 0.05) is 12.6 Å². The number of hydrogen-bond acceptors (Lipinski definition) is 4. The predicted octanol–water partition coefficient (Wildman–Crippen LogP) is 5.00. The molecule has 1 saturated heterocycles. The van der Waals surface area contributed by atoms with Crippen LogP contribution in [-0.2, 0) is 4.74 Å². The molecule has 0 bridgehead atoms. The fourth-order valence-corrected chi connectivity index (χ4v) is 3.79. The predicted molar refractivity (Wildman–Crippen MR) is 113 cm³/mol. The number of ether oxygens (including phenoxy) is 1. The molecular formula is C22H20ClF2N3O3. The number of halogens is 3. The van der Waals surface area contributed by atoms with Crippen molar-refractivity contribution in [1.29, 1.82) is 0 Å². The second-order valence-corrected chi connectivity index (χ2v) is 8.76. The molecule has 6 nitrogen and oxygen atoms in total. The van der Waals surface area contributed by atoms with E-state index in [4.69, 9.17) is 16.3 Å². The molecule has 1 aliphatic rings. The van der Waals surface area contributed by atoms with Gasteiger partial charge in [-0.15, -0.1) is 0 Å². The Balaban J connectivity index is 1.92. The lowest BCUT2D eigenvalue weighted by Crippen LogP contribution is -2.49. The van der Waals surface area contributed by atoms with Crippen molar-refractivity contribution in [1.82, 2.24) is 14.5 Å². The third kappa shape index (κ3) is 3.99. The molecule has 1 fully saturated rings. The van der Waals surface area contributed by atoms with Gasteiger partial charge in [0.25, 0.3) is 5.56 Å². The minimum atomic E-state index is -0.843. The van der Waals surface area contributed by atoms with E-state index >= 15 is 0 Å². The Morgan fingerprint density at radius 3 is 2.45 bits per heavy atom. The van der Waals surface area contributed by atoms with Crippen LogP contribution in [0.2, 0.25) is 5.02 Å². The van der Waals surface area contributed by atoms with Crippen molar-refractivity contribution < 1.29 is 18.3 Å². The lowest BCUT2D eigenvalue weighted by molar-refractivity contribution is -0.00781. The van der Waals surface area contributed by atoms with Gasteiger partial charge >= 0.3 is 6.09 Å². The topological polar surface area (TPSA) is 64.4 Å². The number of rotatable bonds is 2. The van der Waals surface area contributed by atoms with Gasteiger partial charge in [-0.2, -0.15) is 0 Å². The van der Waals surface area contributed by atoms with E-state index in [9.17, 15) is 18.4 Å². The molecule has 3 aromatic rings. The van der Waals surface area contributed by atoms with Gasteiger partial charge in [-0.1, -0.05) is 17.7 Å². The third-order valence-electron chi connectivity index (χ3n) is 4.92. The lowest BCUT2D eigenvalue weighted by atomic mass is 10.0. The molecule has 2 aromatic carbocycles. The van der Waals surface area contributed by atoms with Gasteiger partial charge in [-0.3, -0.25) is 14.3 Å². The summed E-state index contributed by atoms with van der Waals surface area (Å²) in [7, 11) is 0. The summed E-state index contributed by atoms with van der Waals surface area (Å²) in [6.45, 7) is 5.66. The van der Waals surface area contributed by atoms with Crippen molar-refractivity contribution in [3.63, 3.8) is 0 Å². The first-order chi connectivity index (χ1) is 14.5. The van der Waals surface area contributed by atoms with Crippen LogP contribution < -0.4 is 5.56 Å². The highest BCUT2D eigenvalue weighted by atomic mass is 35.5. The maximum absolute atomic E-state index is 14.0. The highest BCUT2D eigenvalue weighted by Crippen LogP contribution is 2.35. The number of hydrogen-bond donors (Lipinski definition) is 0. The maximum Gasteiger partial charge on any atom is 0.410 e. The number of fused-ring (bicyclic) bond motifs is 1.